The predicted octanol–water partition coefficient (Wildman–Crippen LogP) is 1.71. The third-order valence-corrected chi connectivity index (χ3v) is 1.52. The summed E-state index contributed by atoms with van der Waals surface area (Å²) in [6.45, 7) is 3.66. The summed E-state index contributed by atoms with van der Waals surface area (Å²) in [4.78, 5) is 0. The van der Waals surface area contributed by atoms with Crippen molar-refractivity contribution in [1.29, 1.82) is 0 Å². The van der Waals surface area contributed by atoms with Crippen molar-refractivity contribution in [2.75, 3.05) is 20.3 Å². The molecule has 0 saturated heterocycles. The van der Waals surface area contributed by atoms with E-state index in [2.05, 4.69) is 13.0 Å². The van der Waals surface area contributed by atoms with E-state index in [0.29, 0.717) is 0 Å². The molecule has 0 radical (unpaired) electrons. The molecule has 2 heteroatoms. The van der Waals surface area contributed by atoms with Gasteiger partial charge in [0.05, 0.1) is 6.61 Å². The molecule has 66 valence electrons. The van der Waals surface area contributed by atoms with Gasteiger partial charge in [0.25, 0.3) is 0 Å². The summed E-state index contributed by atoms with van der Waals surface area (Å²) >= 11 is 0. The maximum absolute atomic E-state index is 5.40. The minimum atomic E-state index is 0.758. The van der Waals surface area contributed by atoms with Crippen LogP contribution in [0, 0.1) is 0 Å². The second-order valence-electron chi connectivity index (χ2n) is 2.60. The van der Waals surface area contributed by atoms with E-state index in [9.17, 15) is 0 Å². The molecule has 0 aromatic rings. The highest BCUT2D eigenvalue weighted by Gasteiger charge is 1.94. The molecule has 0 aliphatic carbocycles. The minimum Gasteiger partial charge on any atom is -0.380 e. The van der Waals surface area contributed by atoms with Crippen LogP contribution < -0.4 is 5.73 Å². The van der Waals surface area contributed by atoms with E-state index in [0.717, 1.165) is 32.4 Å². The van der Waals surface area contributed by atoms with Crippen LogP contribution in [0.15, 0.2) is 11.6 Å². The number of nitrogens with two attached hydrogens (primary N) is 1. The zero-order valence-corrected chi connectivity index (χ0v) is 7.60. The normalized spacial score (nSPS) is 12.1. The maximum Gasteiger partial charge on any atom is 0.0672 e. The molecule has 11 heavy (non-hydrogen) atoms. The van der Waals surface area contributed by atoms with Gasteiger partial charge in [-0.3, -0.25) is 0 Å². The highest BCUT2D eigenvalue weighted by atomic mass is 16.5. The van der Waals surface area contributed by atoms with Gasteiger partial charge in [0.15, 0.2) is 0 Å². The Morgan fingerprint density at radius 3 is 2.73 bits per heavy atom. The van der Waals surface area contributed by atoms with Crippen LogP contribution in [-0.4, -0.2) is 20.3 Å². The Hall–Kier alpha value is -0.340. The van der Waals surface area contributed by atoms with Crippen molar-refractivity contribution < 1.29 is 4.74 Å². The molecule has 0 saturated carbocycles. The van der Waals surface area contributed by atoms with Gasteiger partial charge < -0.3 is 10.5 Å². The Bertz CT molecular complexity index is 110. The van der Waals surface area contributed by atoms with Gasteiger partial charge in [-0.2, -0.15) is 0 Å². The van der Waals surface area contributed by atoms with Crippen molar-refractivity contribution in [3.05, 3.63) is 11.6 Å². The van der Waals surface area contributed by atoms with Crippen molar-refractivity contribution in [3.63, 3.8) is 0 Å². The van der Waals surface area contributed by atoms with Gasteiger partial charge >= 0.3 is 0 Å². The molecule has 0 rings (SSSR count). The summed E-state index contributed by atoms with van der Waals surface area (Å²) in [7, 11) is 1.73. The van der Waals surface area contributed by atoms with Gasteiger partial charge in [-0.15, -0.1) is 0 Å². The minimum absolute atomic E-state index is 0.758. The Labute approximate surface area is 69.4 Å². The number of ether oxygens (including phenoxy) is 1. The topological polar surface area (TPSA) is 35.2 Å². The summed E-state index contributed by atoms with van der Waals surface area (Å²) in [6.07, 6.45) is 5.45. The lowest BCUT2D eigenvalue weighted by Crippen LogP contribution is -2.01. The highest BCUT2D eigenvalue weighted by molar-refractivity contribution is 5.01. The standard InChI is InChI=1S/C9H19NO/c1-3-5-9(8-11-2)6-4-7-10/h5H,3-4,6-8,10H2,1-2H3/b9-5-. The fourth-order valence-corrected chi connectivity index (χ4v) is 1.04. The van der Waals surface area contributed by atoms with Gasteiger partial charge in [0.2, 0.25) is 0 Å². The zero-order chi connectivity index (χ0) is 8.53. The quantitative estimate of drug-likeness (QED) is 0.596. The fourth-order valence-electron chi connectivity index (χ4n) is 1.04. The van der Waals surface area contributed by atoms with E-state index >= 15 is 0 Å². The molecule has 0 aliphatic heterocycles. The van der Waals surface area contributed by atoms with Crippen LogP contribution in [0.3, 0.4) is 0 Å². The second-order valence-corrected chi connectivity index (χ2v) is 2.60. The third-order valence-electron chi connectivity index (χ3n) is 1.52. The Balaban J connectivity index is 3.60. The molecule has 0 bridgehead atoms. The number of allylic oxidation sites excluding steroid dienone is 1. The molecule has 2 N–H and O–H groups in total. The molecule has 0 spiro atoms. The fraction of sp³-hybridized carbons (Fsp3) is 0.778. The molecular formula is C9H19NO. The lowest BCUT2D eigenvalue weighted by Gasteiger charge is -2.04. The van der Waals surface area contributed by atoms with Crippen LogP contribution in [-0.2, 0) is 4.74 Å². The largest absolute Gasteiger partial charge is 0.380 e. The lowest BCUT2D eigenvalue weighted by molar-refractivity contribution is 0.222. The van der Waals surface area contributed by atoms with Crippen LogP contribution in [0.25, 0.3) is 0 Å². The summed E-state index contributed by atoms with van der Waals surface area (Å²) in [5.41, 5.74) is 6.78. The molecule has 2 nitrogen and oxygen atoms in total. The first-order chi connectivity index (χ1) is 5.35. The molecule has 0 heterocycles. The van der Waals surface area contributed by atoms with Crippen LogP contribution >= 0.6 is 0 Å². The van der Waals surface area contributed by atoms with E-state index in [4.69, 9.17) is 10.5 Å². The van der Waals surface area contributed by atoms with E-state index < -0.39 is 0 Å². The van der Waals surface area contributed by atoms with Gasteiger partial charge in [-0.25, -0.2) is 0 Å². The smallest absolute Gasteiger partial charge is 0.0672 e. The summed E-state index contributed by atoms with van der Waals surface area (Å²) < 4.78 is 5.04. The van der Waals surface area contributed by atoms with Crippen molar-refractivity contribution in [1.82, 2.24) is 0 Å². The van der Waals surface area contributed by atoms with Gasteiger partial charge in [0, 0.05) is 7.11 Å². The molecule has 0 aromatic carbocycles. The van der Waals surface area contributed by atoms with Gasteiger partial charge in [-0.1, -0.05) is 13.0 Å². The van der Waals surface area contributed by atoms with Crippen LogP contribution in [0.1, 0.15) is 26.2 Å². The van der Waals surface area contributed by atoms with Crippen molar-refractivity contribution in [2.45, 2.75) is 26.2 Å². The monoisotopic (exact) mass is 157 g/mol. The summed E-state index contributed by atoms with van der Waals surface area (Å²) in [6, 6.07) is 0. The second kappa shape index (κ2) is 7.76. The zero-order valence-electron chi connectivity index (χ0n) is 7.60. The average molecular weight is 157 g/mol. The number of methoxy groups -OCH3 is 1. The lowest BCUT2D eigenvalue weighted by atomic mass is 10.1. The Morgan fingerprint density at radius 2 is 2.27 bits per heavy atom. The van der Waals surface area contributed by atoms with Crippen LogP contribution in [0.4, 0.5) is 0 Å². The SMILES string of the molecule is CC/C=C(/CCCN)COC. The highest BCUT2D eigenvalue weighted by Crippen LogP contribution is 2.05. The Kier molecular flexibility index (Phi) is 7.52. The molecule has 0 aromatic heterocycles. The van der Waals surface area contributed by atoms with E-state index in [1.54, 1.807) is 7.11 Å². The predicted molar refractivity (Wildman–Crippen MR) is 48.5 cm³/mol. The van der Waals surface area contributed by atoms with E-state index in [-0.39, 0.29) is 0 Å². The average Bonchev–Trinajstić information content (AvgIpc) is 2.01. The first-order valence-corrected chi connectivity index (χ1v) is 4.22. The molecule has 0 unspecified atom stereocenters. The Morgan fingerprint density at radius 1 is 1.55 bits per heavy atom. The van der Waals surface area contributed by atoms with Crippen molar-refractivity contribution in [2.24, 2.45) is 5.73 Å². The molecule has 0 atom stereocenters. The molecule has 0 aliphatic rings. The van der Waals surface area contributed by atoms with Gasteiger partial charge in [-0.05, 0) is 31.4 Å². The van der Waals surface area contributed by atoms with E-state index in [1.807, 2.05) is 0 Å². The first-order valence-electron chi connectivity index (χ1n) is 4.22. The van der Waals surface area contributed by atoms with Gasteiger partial charge in [0.1, 0.15) is 0 Å². The molecule has 0 amide bonds. The molecule has 0 fully saturated rings. The number of hydrogen-bond donors (Lipinski definition) is 1. The molecular weight excluding hydrogens is 138 g/mol. The van der Waals surface area contributed by atoms with Crippen LogP contribution in [0.2, 0.25) is 0 Å². The van der Waals surface area contributed by atoms with E-state index in [1.165, 1.54) is 5.57 Å². The van der Waals surface area contributed by atoms with Crippen molar-refractivity contribution >= 4 is 0 Å². The summed E-state index contributed by atoms with van der Waals surface area (Å²) in [5, 5.41) is 0. The maximum atomic E-state index is 5.40. The van der Waals surface area contributed by atoms with Crippen molar-refractivity contribution in [3.8, 4) is 0 Å². The summed E-state index contributed by atoms with van der Waals surface area (Å²) in [5.74, 6) is 0. The number of rotatable bonds is 6. The van der Waals surface area contributed by atoms with Crippen LogP contribution in [0.5, 0.6) is 0 Å². The number of hydrogen-bond acceptors (Lipinski definition) is 2. The first kappa shape index (κ1) is 10.7. The third kappa shape index (κ3) is 6.07.